The van der Waals surface area contributed by atoms with Crippen molar-refractivity contribution >= 4 is 5.69 Å². The molecule has 0 radical (unpaired) electrons. The van der Waals surface area contributed by atoms with Gasteiger partial charge in [-0.3, -0.25) is 0 Å². The first kappa shape index (κ1) is 13.9. The Balaban J connectivity index is 1.78. The van der Waals surface area contributed by atoms with Gasteiger partial charge < -0.3 is 5.32 Å². The van der Waals surface area contributed by atoms with Crippen LogP contribution in [0.3, 0.4) is 0 Å². The number of fused-ring (bicyclic) bond motifs is 1. The minimum atomic E-state index is -4.68. The molecule has 1 N–H and O–H groups in total. The SMILES string of the molecule is Fc1ccc(NC2Cc3ccccc3C2)cc1C(F)(F)F. The van der Waals surface area contributed by atoms with Crippen molar-refractivity contribution in [3.05, 3.63) is 65.0 Å². The van der Waals surface area contributed by atoms with Crippen LogP contribution in [0.5, 0.6) is 0 Å². The largest absolute Gasteiger partial charge is 0.419 e. The maximum absolute atomic E-state index is 13.2. The fourth-order valence-electron chi connectivity index (χ4n) is 2.73. The third-order valence-electron chi connectivity index (χ3n) is 3.69. The minimum Gasteiger partial charge on any atom is -0.382 e. The molecule has 0 aliphatic heterocycles. The predicted molar refractivity (Wildman–Crippen MR) is 72.7 cm³/mol. The third-order valence-corrected chi connectivity index (χ3v) is 3.69. The molecule has 0 amide bonds. The Labute approximate surface area is 119 Å². The first-order chi connectivity index (χ1) is 9.93. The Morgan fingerprint density at radius 1 is 0.952 bits per heavy atom. The number of hydrogen-bond acceptors (Lipinski definition) is 1. The molecule has 5 heteroatoms. The lowest BCUT2D eigenvalue weighted by molar-refractivity contribution is -0.139. The first-order valence-electron chi connectivity index (χ1n) is 6.63. The molecule has 0 aromatic heterocycles. The highest BCUT2D eigenvalue weighted by Crippen LogP contribution is 2.33. The molecule has 0 saturated heterocycles. The maximum atomic E-state index is 13.2. The van der Waals surface area contributed by atoms with Crippen LogP contribution in [0.4, 0.5) is 23.2 Å². The molecule has 110 valence electrons. The summed E-state index contributed by atoms with van der Waals surface area (Å²) >= 11 is 0. The number of nitrogens with one attached hydrogen (secondary N) is 1. The van der Waals surface area contributed by atoms with Crippen molar-refractivity contribution in [2.24, 2.45) is 0 Å². The van der Waals surface area contributed by atoms with Gasteiger partial charge in [0.1, 0.15) is 5.82 Å². The average Bonchev–Trinajstić information content (AvgIpc) is 2.82. The highest BCUT2D eigenvalue weighted by molar-refractivity contribution is 5.49. The van der Waals surface area contributed by atoms with Crippen LogP contribution < -0.4 is 5.32 Å². The summed E-state index contributed by atoms with van der Waals surface area (Å²) in [7, 11) is 0. The number of hydrogen-bond donors (Lipinski definition) is 1. The molecule has 0 fully saturated rings. The van der Waals surface area contributed by atoms with Crippen LogP contribution in [0.25, 0.3) is 0 Å². The molecule has 0 bridgehead atoms. The van der Waals surface area contributed by atoms with E-state index in [0.717, 1.165) is 25.0 Å². The zero-order chi connectivity index (χ0) is 15.0. The molecule has 2 aromatic carbocycles. The highest BCUT2D eigenvalue weighted by atomic mass is 19.4. The number of halogens is 4. The summed E-state index contributed by atoms with van der Waals surface area (Å²) in [4.78, 5) is 0. The van der Waals surface area contributed by atoms with Crippen molar-refractivity contribution in [2.75, 3.05) is 5.32 Å². The van der Waals surface area contributed by atoms with Crippen LogP contribution >= 0.6 is 0 Å². The monoisotopic (exact) mass is 295 g/mol. The van der Waals surface area contributed by atoms with Gasteiger partial charge in [-0.15, -0.1) is 0 Å². The second-order valence-electron chi connectivity index (χ2n) is 5.21. The zero-order valence-electron chi connectivity index (χ0n) is 11.0. The molecule has 3 rings (SSSR count). The van der Waals surface area contributed by atoms with Gasteiger partial charge in [-0.1, -0.05) is 24.3 Å². The molecule has 21 heavy (non-hydrogen) atoms. The standard InChI is InChI=1S/C16H13F4N/c17-15-6-5-12(9-14(15)16(18,19)20)21-13-7-10-3-1-2-4-11(10)8-13/h1-6,9,13,21H,7-8H2. The molecule has 0 heterocycles. The fraction of sp³-hybridized carbons (Fsp3) is 0.250. The van der Waals surface area contributed by atoms with E-state index in [9.17, 15) is 17.6 Å². The van der Waals surface area contributed by atoms with Crippen molar-refractivity contribution in [1.29, 1.82) is 0 Å². The van der Waals surface area contributed by atoms with E-state index in [1.807, 2.05) is 24.3 Å². The minimum absolute atomic E-state index is 0.0361. The highest BCUT2D eigenvalue weighted by Gasteiger charge is 2.34. The molecule has 0 atom stereocenters. The number of alkyl halides is 3. The van der Waals surface area contributed by atoms with E-state index in [2.05, 4.69) is 5.32 Å². The van der Waals surface area contributed by atoms with E-state index in [-0.39, 0.29) is 6.04 Å². The summed E-state index contributed by atoms with van der Waals surface area (Å²) in [5.41, 5.74) is 1.46. The van der Waals surface area contributed by atoms with E-state index in [0.29, 0.717) is 5.69 Å². The molecule has 0 spiro atoms. The smallest absolute Gasteiger partial charge is 0.382 e. The predicted octanol–water partition coefficient (Wildman–Crippen LogP) is 4.42. The number of anilines is 1. The van der Waals surface area contributed by atoms with Gasteiger partial charge >= 0.3 is 6.18 Å². The van der Waals surface area contributed by atoms with Crippen LogP contribution in [-0.2, 0) is 19.0 Å². The van der Waals surface area contributed by atoms with Crippen molar-refractivity contribution in [3.63, 3.8) is 0 Å². The summed E-state index contributed by atoms with van der Waals surface area (Å²) in [5, 5.41) is 3.06. The Morgan fingerprint density at radius 2 is 1.57 bits per heavy atom. The van der Waals surface area contributed by atoms with E-state index in [1.54, 1.807) is 0 Å². The van der Waals surface area contributed by atoms with Gasteiger partial charge in [0.2, 0.25) is 0 Å². The van der Waals surface area contributed by atoms with Crippen LogP contribution in [-0.4, -0.2) is 6.04 Å². The number of benzene rings is 2. The molecule has 2 aromatic rings. The molecule has 0 saturated carbocycles. The van der Waals surface area contributed by atoms with Gasteiger partial charge in [-0.05, 0) is 42.2 Å². The summed E-state index contributed by atoms with van der Waals surface area (Å²) in [6, 6.07) is 11.0. The third kappa shape index (κ3) is 2.86. The van der Waals surface area contributed by atoms with Gasteiger partial charge in [0, 0.05) is 11.7 Å². The molecule has 0 unspecified atom stereocenters. The van der Waals surface area contributed by atoms with Gasteiger partial charge in [0.05, 0.1) is 5.56 Å². The first-order valence-corrected chi connectivity index (χ1v) is 6.63. The lowest BCUT2D eigenvalue weighted by atomic mass is 10.1. The van der Waals surface area contributed by atoms with E-state index < -0.39 is 17.6 Å². The normalized spacial score (nSPS) is 15.0. The Hall–Kier alpha value is -2.04. The summed E-state index contributed by atoms with van der Waals surface area (Å²) < 4.78 is 51.3. The molecule has 1 nitrogen and oxygen atoms in total. The van der Waals surface area contributed by atoms with Gasteiger partial charge in [-0.25, -0.2) is 4.39 Å². The van der Waals surface area contributed by atoms with Crippen molar-refractivity contribution in [1.82, 2.24) is 0 Å². The van der Waals surface area contributed by atoms with Crippen LogP contribution in [0, 0.1) is 5.82 Å². The fourth-order valence-corrected chi connectivity index (χ4v) is 2.73. The van der Waals surface area contributed by atoms with Crippen molar-refractivity contribution in [3.8, 4) is 0 Å². The molecular weight excluding hydrogens is 282 g/mol. The lowest BCUT2D eigenvalue weighted by Crippen LogP contribution is -2.20. The van der Waals surface area contributed by atoms with Gasteiger partial charge in [0.15, 0.2) is 0 Å². The van der Waals surface area contributed by atoms with Crippen molar-refractivity contribution < 1.29 is 17.6 Å². The average molecular weight is 295 g/mol. The Kier molecular flexibility index (Phi) is 3.35. The molecule has 1 aliphatic carbocycles. The number of rotatable bonds is 2. The maximum Gasteiger partial charge on any atom is 0.419 e. The zero-order valence-corrected chi connectivity index (χ0v) is 11.0. The quantitative estimate of drug-likeness (QED) is 0.808. The van der Waals surface area contributed by atoms with Crippen LogP contribution in [0.1, 0.15) is 16.7 Å². The Morgan fingerprint density at radius 3 is 2.14 bits per heavy atom. The van der Waals surface area contributed by atoms with Gasteiger partial charge in [-0.2, -0.15) is 13.2 Å². The van der Waals surface area contributed by atoms with Crippen LogP contribution in [0.2, 0.25) is 0 Å². The second kappa shape index (κ2) is 5.06. The van der Waals surface area contributed by atoms with E-state index >= 15 is 0 Å². The van der Waals surface area contributed by atoms with Crippen LogP contribution in [0.15, 0.2) is 42.5 Å². The summed E-state index contributed by atoms with van der Waals surface area (Å²) in [5.74, 6) is -1.25. The lowest BCUT2D eigenvalue weighted by Gasteiger charge is -2.16. The second-order valence-corrected chi connectivity index (χ2v) is 5.21. The summed E-state index contributed by atoms with van der Waals surface area (Å²) in [6.45, 7) is 0. The Bertz CT molecular complexity index is 639. The van der Waals surface area contributed by atoms with Gasteiger partial charge in [0.25, 0.3) is 0 Å². The van der Waals surface area contributed by atoms with E-state index in [4.69, 9.17) is 0 Å². The topological polar surface area (TPSA) is 12.0 Å². The van der Waals surface area contributed by atoms with Crippen molar-refractivity contribution in [2.45, 2.75) is 25.1 Å². The molecule has 1 aliphatic rings. The van der Waals surface area contributed by atoms with E-state index in [1.165, 1.54) is 17.2 Å². The summed E-state index contributed by atoms with van der Waals surface area (Å²) in [6.07, 6.45) is -3.16. The molecular formula is C16H13F4N.